The van der Waals surface area contributed by atoms with Crippen LogP contribution in [0.2, 0.25) is 0 Å². The highest BCUT2D eigenvalue weighted by Gasteiger charge is 2.21. The third-order valence-corrected chi connectivity index (χ3v) is 4.83. The van der Waals surface area contributed by atoms with Gasteiger partial charge in [0.1, 0.15) is 0 Å². The number of amides is 1. The standard InChI is InChI=1S/C21H26N2O2/c1-3-23(15-19-6-4-5-13-25-19)21(24)18-9-7-17(8-10-18)20-11-12-22-14-16(20)2/h7-12,14,19H,3-6,13,15H2,1-2H3/t19-/m1/s1. The van der Waals surface area contributed by atoms with E-state index < -0.39 is 0 Å². The van der Waals surface area contributed by atoms with Gasteiger partial charge in [0.15, 0.2) is 0 Å². The van der Waals surface area contributed by atoms with Gasteiger partial charge in [0.2, 0.25) is 0 Å². The van der Waals surface area contributed by atoms with Crippen molar-refractivity contribution in [3.05, 3.63) is 53.9 Å². The Morgan fingerprint density at radius 2 is 2.04 bits per heavy atom. The number of carbonyl (C=O) groups is 1. The molecule has 2 aromatic rings. The van der Waals surface area contributed by atoms with Crippen LogP contribution in [0.25, 0.3) is 11.1 Å². The summed E-state index contributed by atoms with van der Waals surface area (Å²) in [4.78, 5) is 18.8. The summed E-state index contributed by atoms with van der Waals surface area (Å²) < 4.78 is 5.79. The fraction of sp³-hybridized carbons (Fsp3) is 0.429. The van der Waals surface area contributed by atoms with E-state index >= 15 is 0 Å². The molecule has 1 aliphatic rings. The number of nitrogens with zero attached hydrogens (tertiary/aromatic N) is 2. The van der Waals surface area contributed by atoms with Crippen LogP contribution in [0.15, 0.2) is 42.7 Å². The summed E-state index contributed by atoms with van der Waals surface area (Å²) in [6.07, 6.45) is 7.20. The summed E-state index contributed by atoms with van der Waals surface area (Å²) >= 11 is 0. The van der Waals surface area contributed by atoms with E-state index in [0.29, 0.717) is 13.1 Å². The minimum Gasteiger partial charge on any atom is -0.376 e. The van der Waals surface area contributed by atoms with Gasteiger partial charge in [-0.3, -0.25) is 9.78 Å². The van der Waals surface area contributed by atoms with Gasteiger partial charge < -0.3 is 9.64 Å². The average molecular weight is 338 g/mol. The number of hydrogen-bond acceptors (Lipinski definition) is 3. The molecule has 3 rings (SSSR count). The van der Waals surface area contributed by atoms with Gasteiger partial charge in [0.05, 0.1) is 6.10 Å². The van der Waals surface area contributed by atoms with Crippen molar-refractivity contribution in [1.29, 1.82) is 0 Å². The number of ether oxygens (including phenoxy) is 1. The van der Waals surface area contributed by atoms with Crippen molar-refractivity contribution in [1.82, 2.24) is 9.88 Å². The van der Waals surface area contributed by atoms with E-state index in [1.807, 2.05) is 55.3 Å². The SMILES string of the molecule is CCN(C[C@H]1CCCCO1)C(=O)c1ccc(-c2ccncc2C)cc1. The summed E-state index contributed by atoms with van der Waals surface area (Å²) in [5.41, 5.74) is 4.12. The number of aromatic nitrogens is 1. The molecule has 0 aliphatic carbocycles. The molecule has 0 radical (unpaired) electrons. The van der Waals surface area contributed by atoms with Crippen molar-refractivity contribution in [2.75, 3.05) is 19.7 Å². The molecule has 1 aromatic carbocycles. The molecular weight excluding hydrogens is 312 g/mol. The smallest absolute Gasteiger partial charge is 0.253 e. The first-order chi connectivity index (χ1) is 12.2. The number of carbonyl (C=O) groups excluding carboxylic acids is 1. The zero-order valence-electron chi connectivity index (χ0n) is 15.1. The topological polar surface area (TPSA) is 42.4 Å². The normalized spacial score (nSPS) is 17.3. The molecule has 1 fully saturated rings. The van der Waals surface area contributed by atoms with E-state index in [1.54, 1.807) is 6.20 Å². The maximum absolute atomic E-state index is 12.8. The van der Waals surface area contributed by atoms with E-state index in [0.717, 1.165) is 41.7 Å². The van der Waals surface area contributed by atoms with Gasteiger partial charge in [-0.05, 0) is 68.0 Å². The van der Waals surface area contributed by atoms with Gasteiger partial charge >= 0.3 is 0 Å². The fourth-order valence-electron chi connectivity index (χ4n) is 3.33. The van der Waals surface area contributed by atoms with Crippen LogP contribution in [-0.4, -0.2) is 41.6 Å². The Hall–Kier alpha value is -2.20. The minimum atomic E-state index is 0.0784. The molecule has 132 valence electrons. The number of benzene rings is 1. The number of aryl methyl sites for hydroxylation is 1. The molecule has 1 saturated heterocycles. The number of pyridine rings is 1. The Morgan fingerprint density at radius 3 is 2.68 bits per heavy atom. The van der Waals surface area contributed by atoms with Gasteiger partial charge in [-0.1, -0.05) is 12.1 Å². The van der Waals surface area contributed by atoms with Crippen LogP contribution in [-0.2, 0) is 4.74 Å². The molecule has 0 spiro atoms. The lowest BCUT2D eigenvalue weighted by Crippen LogP contribution is -2.39. The number of rotatable bonds is 5. The molecule has 1 aromatic heterocycles. The van der Waals surface area contributed by atoms with E-state index in [1.165, 1.54) is 6.42 Å². The predicted octanol–water partition coefficient (Wildman–Crippen LogP) is 4.09. The Bertz CT molecular complexity index is 706. The molecule has 0 bridgehead atoms. The number of likely N-dealkylation sites (N-methyl/N-ethyl adjacent to an activating group) is 1. The lowest BCUT2D eigenvalue weighted by atomic mass is 10.0. The molecule has 0 saturated carbocycles. The van der Waals surface area contributed by atoms with E-state index in [4.69, 9.17) is 4.74 Å². The quantitative estimate of drug-likeness (QED) is 0.825. The highest BCUT2D eigenvalue weighted by molar-refractivity contribution is 5.94. The summed E-state index contributed by atoms with van der Waals surface area (Å²) in [7, 11) is 0. The fourth-order valence-corrected chi connectivity index (χ4v) is 3.33. The largest absolute Gasteiger partial charge is 0.376 e. The summed E-state index contributed by atoms with van der Waals surface area (Å²) in [5.74, 6) is 0.0784. The second-order valence-corrected chi connectivity index (χ2v) is 6.60. The van der Waals surface area contributed by atoms with Crippen LogP contribution in [0, 0.1) is 6.92 Å². The maximum atomic E-state index is 12.8. The van der Waals surface area contributed by atoms with E-state index in [2.05, 4.69) is 4.98 Å². The number of hydrogen-bond donors (Lipinski definition) is 0. The highest BCUT2D eigenvalue weighted by atomic mass is 16.5. The van der Waals surface area contributed by atoms with Gasteiger partial charge in [0, 0.05) is 37.7 Å². The van der Waals surface area contributed by atoms with Crippen molar-refractivity contribution < 1.29 is 9.53 Å². The first-order valence-electron chi connectivity index (χ1n) is 9.11. The molecular formula is C21H26N2O2. The van der Waals surface area contributed by atoms with E-state index in [9.17, 15) is 4.79 Å². The van der Waals surface area contributed by atoms with Gasteiger partial charge in [0.25, 0.3) is 5.91 Å². The van der Waals surface area contributed by atoms with E-state index in [-0.39, 0.29) is 12.0 Å². The molecule has 25 heavy (non-hydrogen) atoms. The molecule has 1 amide bonds. The minimum absolute atomic E-state index is 0.0784. The highest BCUT2D eigenvalue weighted by Crippen LogP contribution is 2.23. The third-order valence-electron chi connectivity index (χ3n) is 4.83. The van der Waals surface area contributed by atoms with Crippen molar-refractivity contribution in [2.45, 2.75) is 39.2 Å². The van der Waals surface area contributed by atoms with Gasteiger partial charge in [-0.15, -0.1) is 0 Å². The first kappa shape index (κ1) is 17.6. The maximum Gasteiger partial charge on any atom is 0.253 e. The molecule has 0 N–H and O–H groups in total. The second-order valence-electron chi connectivity index (χ2n) is 6.60. The Kier molecular flexibility index (Phi) is 5.82. The van der Waals surface area contributed by atoms with Gasteiger partial charge in [-0.2, -0.15) is 0 Å². The molecule has 4 heteroatoms. The third kappa shape index (κ3) is 4.26. The zero-order valence-corrected chi connectivity index (χ0v) is 15.1. The van der Waals surface area contributed by atoms with Crippen LogP contribution < -0.4 is 0 Å². The Balaban J connectivity index is 1.71. The van der Waals surface area contributed by atoms with Crippen LogP contribution in [0.5, 0.6) is 0 Å². The molecule has 1 atom stereocenters. The first-order valence-corrected chi connectivity index (χ1v) is 9.11. The summed E-state index contributed by atoms with van der Waals surface area (Å²) in [6.45, 7) is 6.26. The molecule has 1 aliphatic heterocycles. The van der Waals surface area contributed by atoms with Crippen molar-refractivity contribution in [2.24, 2.45) is 0 Å². The summed E-state index contributed by atoms with van der Waals surface area (Å²) in [5, 5.41) is 0. The van der Waals surface area contributed by atoms with Crippen molar-refractivity contribution in [3.8, 4) is 11.1 Å². The van der Waals surface area contributed by atoms with Crippen LogP contribution in [0.1, 0.15) is 42.1 Å². The lowest BCUT2D eigenvalue weighted by molar-refractivity contribution is -0.00311. The molecule has 0 unspecified atom stereocenters. The average Bonchev–Trinajstić information content (AvgIpc) is 2.67. The Morgan fingerprint density at radius 1 is 1.24 bits per heavy atom. The van der Waals surface area contributed by atoms with Crippen molar-refractivity contribution in [3.63, 3.8) is 0 Å². The Labute approximate surface area is 149 Å². The summed E-state index contributed by atoms with van der Waals surface area (Å²) in [6, 6.07) is 9.87. The van der Waals surface area contributed by atoms with Crippen LogP contribution in [0.3, 0.4) is 0 Å². The van der Waals surface area contributed by atoms with Crippen LogP contribution in [0.4, 0.5) is 0 Å². The lowest BCUT2D eigenvalue weighted by Gasteiger charge is -2.29. The van der Waals surface area contributed by atoms with Gasteiger partial charge in [-0.25, -0.2) is 0 Å². The predicted molar refractivity (Wildman–Crippen MR) is 99.6 cm³/mol. The second kappa shape index (κ2) is 8.26. The zero-order chi connectivity index (χ0) is 17.6. The van der Waals surface area contributed by atoms with Crippen molar-refractivity contribution >= 4 is 5.91 Å². The molecule has 2 heterocycles. The van der Waals surface area contributed by atoms with Crippen LogP contribution >= 0.6 is 0 Å². The monoisotopic (exact) mass is 338 g/mol. The molecule has 4 nitrogen and oxygen atoms in total.